The number of aliphatic hydroxyl groups is 1. The van der Waals surface area contributed by atoms with Crippen molar-refractivity contribution in [3.63, 3.8) is 0 Å². The van der Waals surface area contributed by atoms with E-state index in [1.165, 1.54) is 17.8 Å². The van der Waals surface area contributed by atoms with Crippen molar-refractivity contribution in [2.24, 2.45) is 7.05 Å². The molecular formula is C11H11FN2OS. The molecule has 1 aromatic heterocycles. The summed E-state index contributed by atoms with van der Waals surface area (Å²) in [4.78, 5) is 1.31. The summed E-state index contributed by atoms with van der Waals surface area (Å²) in [7, 11) is 1.80. The summed E-state index contributed by atoms with van der Waals surface area (Å²) in [6.07, 6.45) is 3.47. The maximum absolute atomic E-state index is 13.6. The Balaban J connectivity index is 2.33. The van der Waals surface area contributed by atoms with Crippen molar-refractivity contribution in [1.82, 2.24) is 9.78 Å². The van der Waals surface area contributed by atoms with E-state index in [1.54, 1.807) is 36.3 Å². The molecule has 0 amide bonds. The van der Waals surface area contributed by atoms with Crippen molar-refractivity contribution in [3.05, 3.63) is 42.0 Å². The summed E-state index contributed by atoms with van der Waals surface area (Å²) in [5, 5.41) is 13.1. The van der Waals surface area contributed by atoms with Gasteiger partial charge in [-0.2, -0.15) is 5.10 Å². The first-order valence-electron chi connectivity index (χ1n) is 4.75. The number of aromatic nitrogens is 2. The Morgan fingerprint density at radius 2 is 2.31 bits per heavy atom. The number of benzene rings is 1. The number of hydrogen-bond donors (Lipinski definition) is 1. The Kier molecular flexibility index (Phi) is 3.26. The van der Waals surface area contributed by atoms with Crippen LogP contribution in [-0.4, -0.2) is 14.9 Å². The smallest absolute Gasteiger partial charge is 0.137 e. The topological polar surface area (TPSA) is 38.0 Å². The maximum Gasteiger partial charge on any atom is 0.137 e. The molecule has 2 aromatic rings. The highest BCUT2D eigenvalue weighted by atomic mass is 32.2. The molecule has 0 saturated carbocycles. The van der Waals surface area contributed by atoms with E-state index >= 15 is 0 Å². The van der Waals surface area contributed by atoms with E-state index in [0.29, 0.717) is 10.5 Å². The zero-order valence-corrected chi connectivity index (χ0v) is 9.54. The summed E-state index contributed by atoms with van der Waals surface area (Å²) < 4.78 is 15.2. The molecule has 0 atom stereocenters. The normalized spacial score (nSPS) is 10.7. The van der Waals surface area contributed by atoms with Gasteiger partial charge in [0.05, 0.1) is 22.6 Å². The lowest BCUT2D eigenvalue weighted by molar-refractivity contribution is 0.277. The molecule has 5 heteroatoms. The van der Waals surface area contributed by atoms with Gasteiger partial charge >= 0.3 is 0 Å². The van der Waals surface area contributed by atoms with Crippen LogP contribution in [0.3, 0.4) is 0 Å². The van der Waals surface area contributed by atoms with E-state index in [4.69, 9.17) is 5.11 Å². The molecule has 0 fully saturated rings. The average molecular weight is 238 g/mol. The zero-order valence-electron chi connectivity index (χ0n) is 8.72. The van der Waals surface area contributed by atoms with Gasteiger partial charge in [0, 0.05) is 13.2 Å². The fourth-order valence-corrected chi connectivity index (χ4v) is 2.33. The lowest BCUT2D eigenvalue weighted by Crippen LogP contribution is -1.90. The van der Waals surface area contributed by atoms with Gasteiger partial charge in [-0.05, 0) is 11.6 Å². The minimum absolute atomic E-state index is 0.166. The molecule has 84 valence electrons. The van der Waals surface area contributed by atoms with Crippen LogP contribution in [0.15, 0.2) is 40.4 Å². The molecule has 0 saturated heterocycles. The van der Waals surface area contributed by atoms with E-state index in [-0.39, 0.29) is 12.4 Å². The van der Waals surface area contributed by atoms with Crippen LogP contribution in [-0.2, 0) is 13.7 Å². The van der Waals surface area contributed by atoms with Crippen LogP contribution >= 0.6 is 11.8 Å². The fraction of sp³-hybridized carbons (Fsp3) is 0.182. The van der Waals surface area contributed by atoms with E-state index in [0.717, 1.165) is 4.90 Å². The van der Waals surface area contributed by atoms with E-state index in [2.05, 4.69) is 5.10 Å². The molecule has 1 aromatic carbocycles. The summed E-state index contributed by atoms with van der Waals surface area (Å²) in [6, 6.07) is 4.69. The molecule has 0 spiro atoms. The number of aliphatic hydroxyl groups excluding tert-OH is 1. The molecule has 16 heavy (non-hydrogen) atoms. The van der Waals surface area contributed by atoms with Crippen molar-refractivity contribution in [3.8, 4) is 0 Å². The second-order valence-electron chi connectivity index (χ2n) is 3.34. The standard InChI is InChI=1S/C11H11FN2OS/c1-14-6-9(5-13-14)16-11-8(7-15)3-2-4-10(11)12/h2-6,15H,7H2,1H3. The van der Waals surface area contributed by atoms with Gasteiger partial charge in [-0.1, -0.05) is 23.9 Å². The van der Waals surface area contributed by atoms with E-state index in [9.17, 15) is 4.39 Å². The second-order valence-corrected chi connectivity index (χ2v) is 4.42. The monoisotopic (exact) mass is 238 g/mol. The SMILES string of the molecule is Cn1cc(Sc2c(F)cccc2CO)cn1. The second kappa shape index (κ2) is 4.67. The van der Waals surface area contributed by atoms with Crippen molar-refractivity contribution in [2.45, 2.75) is 16.4 Å². The largest absolute Gasteiger partial charge is 0.392 e. The predicted octanol–water partition coefficient (Wildman–Crippen LogP) is 2.20. The number of halogens is 1. The van der Waals surface area contributed by atoms with Gasteiger partial charge in [0.2, 0.25) is 0 Å². The Morgan fingerprint density at radius 1 is 1.50 bits per heavy atom. The van der Waals surface area contributed by atoms with Crippen molar-refractivity contribution >= 4 is 11.8 Å². The minimum Gasteiger partial charge on any atom is -0.392 e. The third-order valence-electron chi connectivity index (χ3n) is 2.12. The lowest BCUT2D eigenvalue weighted by Gasteiger charge is -2.06. The summed E-state index contributed by atoms with van der Waals surface area (Å²) in [5.41, 5.74) is 0.592. The quantitative estimate of drug-likeness (QED) is 0.890. The first kappa shape index (κ1) is 11.2. The molecule has 0 radical (unpaired) electrons. The van der Waals surface area contributed by atoms with E-state index < -0.39 is 0 Å². The minimum atomic E-state index is -0.319. The molecule has 2 rings (SSSR count). The maximum atomic E-state index is 13.6. The van der Waals surface area contributed by atoms with Crippen LogP contribution in [0, 0.1) is 5.82 Å². The summed E-state index contributed by atoms with van der Waals surface area (Å²) in [6.45, 7) is -0.166. The van der Waals surface area contributed by atoms with Crippen molar-refractivity contribution in [2.75, 3.05) is 0 Å². The van der Waals surface area contributed by atoms with Crippen LogP contribution in [0.2, 0.25) is 0 Å². The molecule has 0 aliphatic carbocycles. The Morgan fingerprint density at radius 3 is 2.94 bits per heavy atom. The van der Waals surface area contributed by atoms with Gasteiger partial charge in [0.1, 0.15) is 5.82 Å². The van der Waals surface area contributed by atoms with E-state index in [1.807, 2.05) is 0 Å². The van der Waals surface area contributed by atoms with Crippen molar-refractivity contribution in [1.29, 1.82) is 0 Å². The van der Waals surface area contributed by atoms with Crippen molar-refractivity contribution < 1.29 is 9.50 Å². The van der Waals surface area contributed by atoms with Gasteiger partial charge < -0.3 is 5.11 Å². The van der Waals surface area contributed by atoms with Crippen LogP contribution < -0.4 is 0 Å². The Bertz CT molecular complexity index is 498. The molecular weight excluding hydrogens is 227 g/mol. The predicted molar refractivity (Wildman–Crippen MR) is 59.7 cm³/mol. The number of nitrogens with zero attached hydrogens (tertiary/aromatic N) is 2. The third-order valence-corrected chi connectivity index (χ3v) is 3.23. The highest BCUT2D eigenvalue weighted by Crippen LogP contribution is 2.32. The van der Waals surface area contributed by atoms with Crippen LogP contribution in [0.25, 0.3) is 0 Å². The van der Waals surface area contributed by atoms with Gasteiger partial charge in [-0.3, -0.25) is 4.68 Å². The van der Waals surface area contributed by atoms with Gasteiger partial charge in [0.15, 0.2) is 0 Å². The van der Waals surface area contributed by atoms with Crippen LogP contribution in [0.1, 0.15) is 5.56 Å². The third kappa shape index (κ3) is 2.25. The first-order chi connectivity index (χ1) is 7.70. The Hall–Kier alpha value is -1.33. The molecule has 3 nitrogen and oxygen atoms in total. The molecule has 0 aliphatic rings. The first-order valence-corrected chi connectivity index (χ1v) is 5.57. The molecule has 0 aliphatic heterocycles. The lowest BCUT2D eigenvalue weighted by atomic mass is 10.2. The molecule has 0 bridgehead atoms. The highest BCUT2D eigenvalue weighted by Gasteiger charge is 2.10. The zero-order chi connectivity index (χ0) is 11.5. The van der Waals surface area contributed by atoms with Crippen LogP contribution in [0.5, 0.6) is 0 Å². The Labute approximate surface area is 96.9 Å². The highest BCUT2D eigenvalue weighted by molar-refractivity contribution is 7.99. The summed E-state index contributed by atoms with van der Waals surface area (Å²) in [5.74, 6) is -0.319. The number of aryl methyl sites for hydroxylation is 1. The molecule has 1 N–H and O–H groups in total. The van der Waals surface area contributed by atoms with Gasteiger partial charge in [-0.25, -0.2) is 4.39 Å². The van der Waals surface area contributed by atoms with Crippen LogP contribution in [0.4, 0.5) is 4.39 Å². The molecule has 1 heterocycles. The van der Waals surface area contributed by atoms with Gasteiger partial charge in [0.25, 0.3) is 0 Å². The number of rotatable bonds is 3. The number of hydrogen-bond acceptors (Lipinski definition) is 3. The average Bonchev–Trinajstić information content (AvgIpc) is 2.67. The molecule has 0 unspecified atom stereocenters. The summed E-state index contributed by atoms with van der Waals surface area (Å²) >= 11 is 1.27. The fourth-order valence-electron chi connectivity index (χ4n) is 1.36. The van der Waals surface area contributed by atoms with Gasteiger partial charge in [-0.15, -0.1) is 0 Å².